The van der Waals surface area contributed by atoms with Crippen LogP contribution in [-0.2, 0) is 23.8 Å². The molecule has 1 rings (SSSR count). The van der Waals surface area contributed by atoms with Crippen LogP contribution in [0.4, 0.5) is 0 Å². The Morgan fingerprint density at radius 2 is 1.01 bits per heavy atom. The van der Waals surface area contributed by atoms with Crippen molar-refractivity contribution < 1.29 is 49.3 Å². The Bertz CT molecular complexity index is 1630. The van der Waals surface area contributed by atoms with Gasteiger partial charge in [-0.25, -0.2) is 0 Å². The quantitative estimate of drug-likeness (QED) is 0.0149. The number of hydrogen-bond donors (Lipinski definition) is 6. The first-order valence-electron chi connectivity index (χ1n) is 29.7. The molecular weight excluding hydrogens is 943 g/mol. The molecule has 11 nitrogen and oxygen atoms in total. The van der Waals surface area contributed by atoms with E-state index in [-0.39, 0.29) is 19.4 Å². The Balaban J connectivity index is 2.73. The zero-order valence-corrected chi connectivity index (χ0v) is 47.1. The predicted octanol–water partition coefficient (Wildman–Crippen LogP) is 13.7. The fourth-order valence-electron chi connectivity index (χ4n) is 8.59. The number of aliphatic hydroxyl groups excluding tert-OH is 5. The van der Waals surface area contributed by atoms with E-state index >= 15 is 0 Å². The molecule has 0 aromatic heterocycles. The highest BCUT2D eigenvalue weighted by atomic mass is 16.7. The Morgan fingerprint density at radius 3 is 1.57 bits per heavy atom. The SMILES string of the molecule is CC\C=C/C=C/C=C/C=C\C=C\C=C\CCCCC(O)C(=O)NC(COC1OC(CO)C(O)C(O)C1OC(=O)CCCCCCCCCCC/C=C\C/C=C\CCCCC)C(O)/C=C/CCCCCCCCCCC. The van der Waals surface area contributed by atoms with Gasteiger partial charge >= 0.3 is 5.97 Å². The smallest absolute Gasteiger partial charge is 0.306 e. The van der Waals surface area contributed by atoms with Crippen LogP contribution in [0.3, 0.4) is 0 Å². The molecule has 1 aliphatic rings. The first kappa shape index (κ1) is 69.3. The molecule has 0 spiro atoms. The largest absolute Gasteiger partial charge is 0.454 e. The highest BCUT2D eigenvalue weighted by Gasteiger charge is 2.47. The molecule has 1 heterocycles. The van der Waals surface area contributed by atoms with Crippen molar-refractivity contribution in [1.29, 1.82) is 0 Å². The van der Waals surface area contributed by atoms with Gasteiger partial charge in [-0.15, -0.1) is 0 Å². The van der Waals surface area contributed by atoms with Crippen LogP contribution in [0, 0.1) is 0 Å². The van der Waals surface area contributed by atoms with E-state index in [2.05, 4.69) is 56.5 Å². The minimum absolute atomic E-state index is 0.107. The number of carbonyl (C=O) groups is 2. The molecule has 1 saturated heterocycles. The van der Waals surface area contributed by atoms with E-state index in [1.807, 2.05) is 72.9 Å². The van der Waals surface area contributed by atoms with Crippen molar-refractivity contribution in [2.75, 3.05) is 13.2 Å². The number of hydrogen-bond acceptors (Lipinski definition) is 10. The summed E-state index contributed by atoms with van der Waals surface area (Å²) in [5, 5.41) is 56.8. The first-order chi connectivity index (χ1) is 36.7. The number of esters is 1. The second kappa shape index (κ2) is 51.1. The fourth-order valence-corrected chi connectivity index (χ4v) is 8.59. The van der Waals surface area contributed by atoms with Gasteiger partial charge in [0.05, 0.1) is 25.4 Å². The second-order valence-corrected chi connectivity index (χ2v) is 20.1. The van der Waals surface area contributed by atoms with Crippen LogP contribution in [0.15, 0.2) is 109 Å². The number of ether oxygens (including phenoxy) is 3. The van der Waals surface area contributed by atoms with Crippen LogP contribution in [0.5, 0.6) is 0 Å². The molecule has 0 radical (unpaired) electrons. The zero-order valence-electron chi connectivity index (χ0n) is 47.1. The maximum absolute atomic E-state index is 13.4. The molecule has 0 aliphatic carbocycles. The fraction of sp³-hybridized carbons (Fsp3) is 0.688. The third-order valence-electron chi connectivity index (χ3n) is 13.3. The monoisotopic (exact) mass is 1050 g/mol. The van der Waals surface area contributed by atoms with Gasteiger partial charge in [-0.2, -0.15) is 0 Å². The van der Waals surface area contributed by atoms with Gasteiger partial charge in [0.2, 0.25) is 5.91 Å². The zero-order chi connectivity index (χ0) is 54.7. The van der Waals surface area contributed by atoms with Crippen molar-refractivity contribution in [3.8, 4) is 0 Å². The number of unbranched alkanes of at least 4 members (excludes halogenated alkanes) is 23. The van der Waals surface area contributed by atoms with E-state index in [9.17, 15) is 35.1 Å². The number of carbonyl (C=O) groups excluding carboxylic acids is 2. The Morgan fingerprint density at radius 1 is 0.547 bits per heavy atom. The standard InChI is InChI=1S/C64H107NO10/c1-4-7-10-13-16-19-22-24-26-28-29-30-32-34-37-40-43-46-49-52-59(69)75-62-61(71)60(70)58(53-66)74-64(62)73-54-55(56(67)50-47-44-41-38-35-21-18-15-12-9-6-3)65-63(72)57(68)51-48-45-42-39-36-33-31-27-25-23-20-17-14-11-8-5-2/h8,11,14,16-17,19-20,23-27,31,33,36,39,47,50,55-58,60-62,64,66-68,70-71H,4-7,9-10,12-13,15,18,21-22,28-30,32,34-35,37-38,40-46,48-49,51-54H2,1-3H3,(H,65,72)/b11-8-,17-14+,19-16-,23-20+,26-24-,27-25-,33-31+,39-36+,50-47+. The molecule has 0 bridgehead atoms. The minimum Gasteiger partial charge on any atom is -0.454 e. The van der Waals surface area contributed by atoms with Gasteiger partial charge in [-0.05, 0) is 77.0 Å². The van der Waals surface area contributed by atoms with Gasteiger partial charge in [0.25, 0.3) is 0 Å². The summed E-state index contributed by atoms with van der Waals surface area (Å²) in [7, 11) is 0. The van der Waals surface area contributed by atoms with Crippen LogP contribution < -0.4 is 5.32 Å². The minimum atomic E-state index is -1.63. The average molecular weight is 1050 g/mol. The summed E-state index contributed by atoms with van der Waals surface area (Å²) in [6.45, 7) is 5.56. The summed E-state index contributed by atoms with van der Waals surface area (Å²) < 4.78 is 17.6. The van der Waals surface area contributed by atoms with Crippen LogP contribution in [-0.4, -0.2) is 99.6 Å². The predicted molar refractivity (Wildman–Crippen MR) is 310 cm³/mol. The van der Waals surface area contributed by atoms with E-state index in [4.69, 9.17) is 14.2 Å². The van der Waals surface area contributed by atoms with Crippen molar-refractivity contribution >= 4 is 11.9 Å². The lowest BCUT2D eigenvalue weighted by molar-refractivity contribution is -0.305. The van der Waals surface area contributed by atoms with E-state index in [0.29, 0.717) is 12.8 Å². The molecule has 1 aliphatic heterocycles. The lowest BCUT2D eigenvalue weighted by Gasteiger charge is -2.41. The molecule has 8 unspecified atom stereocenters. The number of nitrogens with one attached hydrogen (secondary N) is 1. The maximum Gasteiger partial charge on any atom is 0.306 e. The summed E-state index contributed by atoms with van der Waals surface area (Å²) in [5.41, 5.74) is 0. The molecule has 0 aromatic carbocycles. The number of amides is 1. The molecule has 0 aromatic rings. The van der Waals surface area contributed by atoms with E-state index in [1.165, 1.54) is 89.9 Å². The van der Waals surface area contributed by atoms with E-state index in [0.717, 1.165) is 83.5 Å². The highest BCUT2D eigenvalue weighted by molar-refractivity contribution is 5.80. The molecule has 6 N–H and O–H groups in total. The molecule has 11 heteroatoms. The van der Waals surface area contributed by atoms with E-state index < -0.39 is 67.4 Å². The van der Waals surface area contributed by atoms with Gasteiger partial charge < -0.3 is 45.1 Å². The molecule has 0 saturated carbocycles. The normalized spacial score (nSPS) is 20.0. The Hall–Kier alpha value is -3.68. The number of rotatable bonds is 48. The summed E-state index contributed by atoms with van der Waals surface area (Å²) in [6, 6.07) is -1.05. The van der Waals surface area contributed by atoms with Crippen molar-refractivity contribution in [3.05, 3.63) is 109 Å². The number of aliphatic hydroxyl groups is 5. The molecule has 428 valence electrons. The Kier molecular flexibility index (Phi) is 47.2. The summed E-state index contributed by atoms with van der Waals surface area (Å²) in [4.78, 5) is 26.5. The Labute approximate surface area is 456 Å². The molecule has 8 atom stereocenters. The molecule has 75 heavy (non-hydrogen) atoms. The lowest BCUT2D eigenvalue weighted by atomic mass is 9.99. The van der Waals surface area contributed by atoms with Gasteiger partial charge in [-0.1, -0.05) is 246 Å². The van der Waals surface area contributed by atoms with Crippen molar-refractivity contribution in [2.24, 2.45) is 0 Å². The third-order valence-corrected chi connectivity index (χ3v) is 13.3. The van der Waals surface area contributed by atoms with Gasteiger partial charge in [-0.3, -0.25) is 9.59 Å². The van der Waals surface area contributed by atoms with Crippen LogP contribution in [0.25, 0.3) is 0 Å². The summed E-state index contributed by atoms with van der Waals surface area (Å²) in [5.74, 6) is -1.25. The third kappa shape index (κ3) is 39.4. The van der Waals surface area contributed by atoms with E-state index in [1.54, 1.807) is 6.08 Å². The topological polar surface area (TPSA) is 175 Å². The van der Waals surface area contributed by atoms with Crippen LogP contribution in [0.1, 0.15) is 220 Å². The molecule has 1 amide bonds. The highest BCUT2D eigenvalue weighted by Crippen LogP contribution is 2.26. The summed E-state index contributed by atoms with van der Waals surface area (Å²) >= 11 is 0. The number of allylic oxidation sites excluding steroid dienone is 17. The van der Waals surface area contributed by atoms with Crippen LogP contribution >= 0.6 is 0 Å². The molecular formula is C64H107NO10. The van der Waals surface area contributed by atoms with Crippen LogP contribution in [0.2, 0.25) is 0 Å². The second-order valence-electron chi connectivity index (χ2n) is 20.1. The van der Waals surface area contributed by atoms with Gasteiger partial charge in [0, 0.05) is 6.42 Å². The van der Waals surface area contributed by atoms with Gasteiger partial charge in [0.15, 0.2) is 12.4 Å². The first-order valence-corrected chi connectivity index (χ1v) is 29.7. The lowest BCUT2D eigenvalue weighted by Crippen LogP contribution is -2.61. The summed E-state index contributed by atoms with van der Waals surface area (Å²) in [6.07, 6.45) is 58.4. The van der Waals surface area contributed by atoms with Crippen molar-refractivity contribution in [1.82, 2.24) is 5.32 Å². The average Bonchev–Trinajstić information content (AvgIpc) is 3.41. The van der Waals surface area contributed by atoms with Crippen molar-refractivity contribution in [3.63, 3.8) is 0 Å². The van der Waals surface area contributed by atoms with Gasteiger partial charge in [0.1, 0.15) is 24.4 Å². The molecule has 1 fully saturated rings. The van der Waals surface area contributed by atoms with Crippen molar-refractivity contribution in [2.45, 2.75) is 269 Å². The maximum atomic E-state index is 13.4.